The quantitative estimate of drug-likeness (QED) is 0.523. The first-order valence-electron chi connectivity index (χ1n) is 9.57. The highest BCUT2D eigenvalue weighted by Gasteiger charge is 2.22. The number of carbonyl (C=O) groups is 1. The molecular formula is C21H24FN3O3S2. The maximum absolute atomic E-state index is 14.1. The first kappa shape index (κ1) is 22.3. The summed E-state index contributed by atoms with van der Waals surface area (Å²) in [6.45, 7) is 2.76. The molecule has 3 rings (SSSR count). The molecule has 0 radical (unpaired) electrons. The smallest absolute Gasteiger partial charge is 0.260 e. The van der Waals surface area contributed by atoms with E-state index in [9.17, 15) is 17.6 Å². The summed E-state index contributed by atoms with van der Waals surface area (Å²) in [7, 11) is 0.560. The zero-order chi connectivity index (χ0) is 21.9. The van der Waals surface area contributed by atoms with Gasteiger partial charge < -0.3 is 4.90 Å². The van der Waals surface area contributed by atoms with Crippen LogP contribution in [0.25, 0.3) is 10.2 Å². The Bertz CT molecular complexity index is 1140. The Morgan fingerprint density at radius 1 is 1.10 bits per heavy atom. The van der Waals surface area contributed by atoms with Crippen LogP contribution in [0.3, 0.4) is 0 Å². The lowest BCUT2D eigenvalue weighted by atomic mass is 10.2. The predicted octanol–water partition coefficient (Wildman–Crippen LogP) is 3.83. The Morgan fingerprint density at radius 2 is 1.80 bits per heavy atom. The normalized spacial score (nSPS) is 11.9. The molecular weight excluding hydrogens is 425 g/mol. The number of rotatable bonds is 8. The number of sulfone groups is 1. The van der Waals surface area contributed by atoms with E-state index in [1.165, 1.54) is 46.6 Å². The number of halogens is 1. The van der Waals surface area contributed by atoms with Crippen molar-refractivity contribution in [3.05, 3.63) is 53.8 Å². The van der Waals surface area contributed by atoms with Crippen LogP contribution in [0.2, 0.25) is 0 Å². The molecule has 0 spiro atoms. The molecule has 1 heterocycles. The van der Waals surface area contributed by atoms with Gasteiger partial charge in [0.05, 0.1) is 15.3 Å². The van der Waals surface area contributed by atoms with Crippen molar-refractivity contribution in [2.45, 2.75) is 18.2 Å². The fraction of sp³-hybridized carbons (Fsp3) is 0.333. The molecule has 3 aromatic rings. The van der Waals surface area contributed by atoms with Crippen molar-refractivity contribution >= 4 is 42.4 Å². The minimum absolute atomic E-state index is 0.00573. The minimum Gasteiger partial charge on any atom is -0.309 e. The maximum Gasteiger partial charge on any atom is 0.260 e. The van der Waals surface area contributed by atoms with Crippen LogP contribution in [0.15, 0.2) is 47.4 Å². The van der Waals surface area contributed by atoms with Crippen molar-refractivity contribution < 1.29 is 17.6 Å². The van der Waals surface area contributed by atoms with E-state index in [1.54, 1.807) is 19.1 Å². The highest BCUT2D eigenvalue weighted by atomic mass is 32.2. The lowest BCUT2D eigenvalue weighted by Crippen LogP contribution is -2.33. The Balaban J connectivity index is 1.94. The lowest BCUT2D eigenvalue weighted by molar-refractivity contribution is 0.0986. The molecule has 1 amide bonds. The minimum atomic E-state index is -3.34. The Morgan fingerprint density at radius 3 is 2.40 bits per heavy atom. The molecule has 0 saturated carbocycles. The molecule has 0 aliphatic carbocycles. The van der Waals surface area contributed by atoms with E-state index in [-0.39, 0.29) is 22.1 Å². The van der Waals surface area contributed by atoms with Gasteiger partial charge in [0.2, 0.25) is 0 Å². The van der Waals surface area contributed by atoms with Gasteiger partial charge in [0.25, 0.3) is 5.91 Å². The zero-order valence-electron chi connectivity index (χ0n) is 17.1. The molecule has 6 nitrogen and oxygen atoms in total. The van der Waals surface area contributed by atoms with E-state index in [0.717, 1.165) is 6.54 Å². The molecule has 0 saturated heterocycles. The van der Waals surface area contributed by atoms with E-state index in [2.05, 4.69) is 4.98 Å². The van der Waals surface area contributed by atoms with Crippen LogP contribution in [0.4, 0.5) is 9.52 Å². The van der Waals surface area contributed by atoms with Crippen LogP contribution in [-0.4, -0.2) is 57.1 Å². The van der Waals surface area contributed by atoms with Crippen molar-refractivity contribution in [2.75, 3.05) is 37.8 Å². The summed E-state index contributed by atoms with van der Waals surface area (Å²) in [5.41, 5.74) is 0.599. The van der Waals surface area contributed by atoms with Crippen LogP contribution in [0, 0.1) is 5.82 Å². The number of fused-ring (bicyclic) bond motifs is 1. The summed E-state index contributed by atoms with van der Waals surface area (Å²) in [6.07, 6.45) is 0.708. The van der Waals surface area contributed by atoms with E-state index < -0.39 is 15.7 Å². The monoisotopic (exact) mass is 449 g/mol. The van der Waals surface area contributed by atoms with Crippen molar-refractivity contribution in [1.29, 1.82) is 0 Å². The molecule has 0 aliphatic heterocycles. The number of para-hydroxylation sites is 1. The number of carbonyl (C=O) groups excluding carboxylic acids is 1. The van der Waals surface area contributed by atoms with E-state index >= 15 is 0 Å². The third-order valence-corrected chi connectivity index (χ3v) is 7.46. The molecule has 1 aromatic heterocycles. The molecule has 0 unspecified atom stereocenters. The summed E-state index contributed by atoms with van der Waals surface area (Å²) in [6, 6.07) is 10.6. The van der Waals surface area contributed by atoms with E-state index in [1.807, 2.05) is 19.0 Å². The molecule has 0 N–H and O–H groups in total. The maximum atomic E-state index is 14.1. The summed E-state index contributed by atoms with van der Waals surface area (Å²) < 4.78 is 38.8. The molecule has 2 aromatic carbocycles. The van der Waals surface area contributed by atoms with E-state index in [0.29, 0.717) is 28.4 Å². The Labute approximate surface area is 179 Å². The van der Waals surface area contributed by atoms with Gasteiger partial charge in [0, 0.05) is 12.1 Å². The summed E-state index contributed by atoms with van der Waals surface area (Å²) in [5, 5.41) is 0.420. The van der Waals surface area contributed by atoms with Gasteiger partial charge in [-0.25, -0.2) is 17.8 Å². The third kappa shape index (κ3) is 4.85. The lowest BCUT2D eigenvalue weighted by Gasteiger charge is -2.21. The van der Waals surface area contributed by atoms with Crippen molar-refractivity contribution in [1.82, 2.24) is 9.88 Å². The third-order valence-electron chi connectivity index (χ3n) is 4.66. The summed E-state index contributed by atoms with van der Waals surface area (Å²) in [4.78, 5) is 21.4. The van der Waals surface area contributed by atoms with Crippen molar-refractivity contribution in [3.63, 3.8) is 0 Å². The van der Waals surface area contributed by atoms with Crippen LogP contribution >= 0.6 is 11.3 Å². The molecule has 0 aliphatic rings. The van der Waals surface area contributed by atoms with Gasteiger partial charge in [-0.1, -0.05) is 24.3 Å². The molecule has 0 atom stereocenters. The molecule has 160 valence electrons. The average Bonchev–Trinajstić information content (AvgIpc) is 3.16. The highest BCUT2D eigenvalue weighted by molar-refractivity contribution is 7.91. The van der Waals surface area contributed by atoms with Gasteiger partial charge in [-0.3, -0.25) is 9.69 Å². The standard InChI is InChI=1S/C21H24FN3O3S2/c1-4-30(27,28)16-11-9-15(10-12-16)20(26)25(14-6-13-24(2)3)21-23-19-17(22)7-5-8-18(19)29-21/h5,7-12H,4,6,13-14H2,1-3H3. The number of hydrogen-bond acceptors (Lipinski definition) is 6. The average molecular weight is 450 g/mol. The second kappa shape index (κ2) is 9.20. The zero-order valence-corrected chi connectivity index (χ0v) is 18.8. The van der Waals surface area contributed by atoms with E-state index in [4.69, 9.17) is 0 Å². The first-order chi connectivity index (χ1) is 14.2. The van der Waals surface area contributed by atoms with Crippen molar-refractivity contribution in [3.8, 4) is 0 Å². The fourth-order valence-corrected chi connectivity index (χ4v) is 4.86. The van der Waals surface area contributed by atoms with Gasteiger partial charge >= 0.3 is 0 Å². The van der Waals surface area contributed by atoms with Crippen LogP contribution in [0.5, 0.6) is 0 Å². The second-order valence-electron chi connectivity index (χ2n) is 7.12. The van der Waals surface area contributed by atoms with Gasteiger partial charge in [-0.2, -0.15) is 0 Å². The number of hydrogen-bond donors (Lipinski definition) is 0. The largest absolute Gasteiger partial charge is 0.309 e. The van der Waals surface area contributed by atoms with Crippen LogP contribution in [-0.2, 0) is 9.84 Å². The van der Waals surface area contributed by atoms with Gasteiger partial charge in [0.1, 0.15) is 11.3 Å². The molecule has 9 heteroatoms. The summed E-state index contributed by atoms with van der Waals surface area (Å²) in [5.74, 6) is -0.729. The second-order valence-corrected chi connectivity index (χ2v) is 10.4. The van der Waals surface area contributed by atoms with Crippen LogP contribution in [0.1, 0.15) is 23.7 Å². The number of amides is 1. The Hall–Kier alpha value is -2.36. The number of thiazole rings is 1. The highest BCUT2D eigenvalue weighted by Crippen LogP contribution is 2.31. The topological polar surface area (TPSA) is 70.6 Å². The summed E-state index contributed by atoms with van der Waals surface area (Å²) >= 11 is 1.26. The van der Waals surface area contributed by atoms with Crippen LogP contribution < -0.4 is 4.90 Å². The SMILES string of the molecule is CCS(=O)(=O)c1ccc(C(=O)N(CCCN(C)C)c2nc3c(F)cccc3s2)cc1. The first-order valence-corrected chi connectivity index (χ1v) is 12.0. The molecule has 0 fully saturated rings. The number of benzene rings is 2. The number of aromatic nitrogens is 1. The van der Waals surface area contributed by atoms with Gasteiger partial charge in [-0.15, -0.1) is 0 Å². The van der Waals surface area contributed by atoms with Crippen molar-refractivity contribution in [2.24, 2.45) is 0 Å². The fourth-order valence-electron chi connectivity index (χ4n) is 2.98. The molecule has 30 heavy (non-hydrogen) atoms. The Kier molecular flexibility index (Phi) is 6.84. The predicted molar refractivity (Wildman–Crippen MR) is 119 cm³/mol. The number of anilines is 1. The van der Waals surface area contributed by atoms with Gasteiger partial charge in [-0.05, 0) is 63.5 Å². The molecule has 0 bridgehead atoms. The number of nitrogens with zero attached hydrogens (tertiary/aromatic N) is 3. The van der Waals surface area contributed by atoms with Gasteiger partial charge in [0.15, 0.2) is 15.0 Å².